The lowest BCUT2D eigenvalue weighted by atomic mass is 10.1. The molecule has 7 nitrogen and oxygen atoms in total. The molecule has 166 valence electrons. The van der Waals surface area contributed by atoms with Crippen molar-refractivity contribution in [1.29, 1.82) is 0 Å². The molecule has 0 aliphatic carbocycles. The molecule has 0 radical (unpaired) electrons. The van der Waals surface area contributed by atoms with Gasteiger partial charge in [0.15, 0.2) is 12.4 Å². The Balaban J connectivity index is 1.63. The van der Waals surface area contributed by atoms with Gasteiger partial charge in [0.25, 0.3) is 15.9 Å². The highest BCUT2D eigenvalue weighted by Crippen LogP contribution is 2.28. The number of hydrogen-bond acceptors (Lipinski definition) is 5. The number of amides is 1. The summed E-state index contributed by atoms with van der Waals surface area (Å²) < 4.78 is 45.7. The third-order valence-electron chi connectivity index (χ3n) is 4.22. The summed E-state index contributed by atoms with van der Waals surface area (Å²) in [7, 11) is -3.97. The number of ether oxygens (including phenoxy) is 1. The number of carbonyl (C=O) groups excluding carboxylic acids is 2. The summed E-state index contributed by atoms with van der Waals surface area (Å²) in [4.78, 5) is 23.4. The van der Waals surface area contributed by atoms with Gasteiger partial charge in [0.05, 0.1) is 9.92 Å². The van der Waals surface area contributed by atoms with Crippen LogP contribution in [0.1, 0.15) is 17.3 Å². The van der Waals surface area contributed by atoms with Crippen LogP contribution >= 0.6 is 11.6 Å². The number of nitrogens with one attached hydrogen (secondary N) is 2. The van der Waals surface area contributed by atoms with Crippen molar-refractivity contribution in [2.45, 2.75) is 11.8 Å². The van der Waals surface area contributed by atoms with Gasteiger partial charge in [-0.05, 0) is 61.5 Å². The van der Waals surface area contributed by atoms with Gasteiger partial charge in [-0.3, -0.25) is 14.3 Å². The zero-order valence-corrected chi connectivity index (χ0v) is 18.3. The molecule has 2 N–H and O–H groups in total. The molecule has 0 spiro atoms. The molecule has 0 unspecified atom stereocenters. The van der Waals surface area contributed by atoms with Gasteiger partial charge in [-0.15, -0.1) is 0 Å². The minimum atomic E-state index is -3.97. The second-order valence-corrected chi connectivity index (χ2v) is 8.77. The fraction of sp³-hybridized carbons (Fsp3) is 0.0909. The molecule has 0 bridgehead atoms. The zero-order chi connectivity index (χ0) is 23.3. The molecule has 3 aromatic carbocycles. The van der Waals surface area contributed by atoms with Crippen molar-refractivity contribution in [1.82, 2.24) is 0 Å². The lowest BCUT2D eigenvalue weighted by Gasteiger charge is -2.12. The number of ketones is 1. The number of benzene rings is 3. The van der Waals surface area contributed by atoms with E-state index in [-0.39, 0.29) is 33.7 Å². The number of carbonyl (C=O) groups is 2. The molecule has 0 aromatic heterocycles. The summed E-state index contributed by atoms with van der Waals surface area (Å²) in [6, 6.07) is 15.0. The van der Waals surface area contributed by atoms with Crippen LogP contribution in [0.5, 0.6) is 5.75 Å². The van der Waals surface area contributed by atoms with E-state index in [1.807, 2.05) is 0 Å². The van der Waals surface area contributed by atoms with Crippen LogP contribution in [0.15, 0.2) is 71.6 Å². The van der Waals surface area contributed by atoms with E-state index in [9.17, 15) is 22.4 Å². The van der Waals surface area contributed by atoms with Gasteiger partial charge >= 0.3 is 0 Å². The molecular weight excluding hydrogens is 459 g/mol. The Morgan fingerprint density at radius 2 is 1.72 bits per heavy atom. The summed E-state index contributed by atoms with van der Waals surface area (Å²) in [5.74, 6) is -1.00. The number of rotatable bonds is 8. The Labute approximate surface area is 189 Å². The highest BCUT2D eigenvalue weighted by molar-refractivity contribution is 7.92. The number of anilines is 2. The third kappa shape index (κ3) is 6.05. The minimum absolute atomic E-state index is 0.0154. The standard InChI is InChI=1S/C22H18ClFN2O5S/c1-14(27)15-3-2-4-18(11-15)25-22(28)13-31-21-10-9-19(12-20(21)23)32(29,30)26-17-7-5-16(24)6-8-17/h2-12,26H,13H2,1H3,(H,25,28). The Morgan fingerprint density at radius 3 is 2.38 bits per heavy atom. The van der Waals surface area contributed by atoms with Crippen LogP contribution in [-0.4, -0.2) is 26.7 Å². The minimum Gasteiger partial charge on any atom is -0.482 e. The summed E-state index contributed by atoms with van der Waals surface area (Å²) in [5.41, 5.74) is 1.08. The van der Waals surface area contributed by atoms with Crippen molar-refractivity contribution in [3.05, 3.63) is 83.1 Å². The van der Waals surface area contributed by atoms with E-state index >= 15 is 0 Å². The van der Waals surface area contributed by atoms with Crippen molar-refractivity contribution >= 4 is 44.7 Å². The number of Topliss-reactive ketones (excluding diaryl/α,β-unsaturated/α-hetero) is 1. The number of hydrogen-bond donors (Lipinski definition) is 2. The SMILES string of the molecule is CC(=O)c1cccc(NC(=O)COc2ccc(S(=O)(=O)Nc3ccc(F)cc3)cc2Cl)c1. The van der Waals surface area contributed by atoms with Gasteiger partial charge in [0.2, 0.25) is 0 Å². The number of sulfonamides is 1. The Hall–Kier alpha value is -3.43. The third-order valence-corrected chi connectivity index (χ3v) is 5.90. The molecule has 0 fully saturated rings. The smallest absolute Gasteiger partial charge is 0.262 e. The molecule has 0 atom stereocenters. The molecule has 32 heavy (non-hydrogen) atoms. The molecule has 3 rings (SSSR count). The fourth-order valence-corrected chi connectivity index (χ4v) is 4.04. The van der Waals surface area contributed by atoms with Crippen LogP contribution in [0, 0.1) is 5.82 Å². The van der Waals surface area contributed by atoms with Crippen molar-refractivity contribution in [3.63, 3.8) is 0 Å². The first-order valence-corrected chi connectivity index (χ1v) is 11.1. The summed E-state index contributed by atoms with van der Waals surface area (Å²) in [6.45, 7) is 1.04. The van der Waals surface area contributed by atoms with Crippen LogP contribution in [0.2, 0.25) is 5.02 Å². The zero-order valence-electron chi connectivity index (χ0n) is 16.8. The van der Waals surface area contributed by atoms with E-state index in [0.29, 0.717) is 11.3 Å². The maximum absolute atomic E-state index is 13.0. The summed E-state index contributed by atoms with van der Waals surface area (Å²) in [6.07, 6.45) is 0. The van der Waals surface area contributed by atoms with Crippen LogP contribution in [-0.2, 0) is 14.8 Å². The van der Waals surface area contributed by atoms with Gasteiger partial charge in [-0.1, -0.05) is 23.7 Å². The van der Waals surface area contributed by atoms with Gasteiger partial charge in [0.1, 0.15) is 11.6 Å². The average molecular weight is 477 g/mol. The van der Waals surface area contributed by atoms with Crippen molar-refractivity contribution < 1.29 is 27.1 Å². The first-order valence-electron chi connectivity index (χ1n) is 9.25. The molecule has 0 saturated carbocycles. The Morgan fingerprint density at radius 1 is 1.00 bits per heavy atom. The molecule has 10 heteroatoms. The normalized spacial score (nSPS) is 11.0. The molecule has 0 aliphatic heterocycles. The van der Waals surface area contributed by atoms with Gasteiger partial charge in [-0.2, -0.15) is 0 Å². The number of halogens is 2. The van der Waals surface area contributed by atoms with E-state index in [4.69, 9.17) is 16.3 Å². The van der Waals surface area contributed by atoms with Crippen LogP contribution in [0.25, 0.3) is 0 Å². The van der Waals surface area contributed by atoms with E-state index in [1.165, 1.54) is 37.3 Å². The molecule has 1 amide bonds. The average Bonchev–Trinajstić information content (AvgIpc) is 2.74. The molecule has 0 saturated heterocycles. The van der Waals surface area contributed by atoms with E-state index in [1.54, 1.807) is 24.3 Å². The van der Waals surface area contributed by atoms with E-state index in [2.05, 4.69) is 10.0 Å². The van der Waals surface area contributed by atoms with Crippen LogP contribution in [0.3, 0.4) is 0 Å². The van der Waals surface area contributed by atoms with Crippen molar-refractivity contribution in [2.75, 3.05) is 16.6 Å². The van der Waals surface area contributed by atoms with Crippen LogP contribution in [0.4, 0.5) is 15.8 Å². The molecular formula is C22H18ClFN2O5S. The highest BCUT2D eigenvalue weighted by Gasteiger charge is 2.17. The Kier molecular flexibility index (Phi) is 7.12. The van der Waals surface area contributed by atoms with Gasteiger partial charge < -0.3 is 10.1 Å². The van der Waals surface area contributed by atoms with E-state index < -0.39 is 21.7 Å². The lowest BCUT2D eigenvalue weighted by molar-refractivity contribution is -0.118. The van der Waals surface area contributed by atoms with Gasteiger partial charge in [-0.25, -0.2) is 12.8 Å². The summed E-state index contributed by atoms with van der Waals surface area (Å²) in [5, 5.41) is 2.59. The predicted octanol–water partition coefficient (Wildman–Crippen LogP) is 4.50. The highest BCUT2D eigenvalue weighted by atomic mass is 35.5. The first kappa shape index (κ1) is 23.2. The van der Waals surface area contributed by atoms with Crippen molar-refractivity contribution in [2.24, 2.45) is 0 Å². The molecule has 3 aromatic rings. The maximum Gasteiger partial charge on any atom is 0.262 e. The molecule has 0 aliphatic rings. The largest absolute Gasteiger partial charge is 0.482 e. The second kappa shape index (κ2) is 9.80. The predicted molar refractivity (Wildman–Crippen MR) is 119 cm³/mol. The Bertz CT molecular complexity index is 1260. The molecule has 0 heterocycles. The summed E-state index contributed by atoms with van der Waals surface area (Å²) >= 11 is 6.12. The second-order valence-electron chi connectivity index (χ2n) is 6.68. The lowest BCUT2D eigenvalue weighted by Crippen LogP contribution is -2.20. The van der Waals surface area contributed by atoms with Crippen molar-refractivity contribution in [3.8, 4) is 5.75 Å². The monoisotopic (exact) mass is 476 g/mol. The van der Waals surface area contributed by atoms with Crippen LogP contribution < -0.4 is 14.8 Å². The fourth-order valence-electron chi connectivity index (χ4n) is 2.65. The first-order chi connectivity index (χ1) is 15.1. The van der Waals surface area contributed by atoms with E-state index in [0.717, 1.165) is 12.1 Å². The maximum atomic E-state index is 13.0. The van der Waals surface area contributed by atoms with Gasteiger partial charge in [0, 0.05) is 16.9 Å². The topological polar surface area (TPSA) is 102 Å². The quantitative estimate of drug-likeness (QED) is 0.466.